The summed E-state index contributed by atoms with van der Waals surface area (Å²) < 4.78 is 37.8. The minimum atomic E-state index is -4.32. The summed E-state index contributed by atoms with van der Waals surface area (Å²) in [6.07, 6.45) is -4.32. The van der Waals surface area contributed by atoms with E-state index in [1.54, 1.807) is 18.2 Å². The molecule has 0 N–H and O–H groups in total. The third-order valence-electron chi connectivity index (χ3n) is 2.41. The molecule has 0 spiro atoms. The number of hydrogen-bond donors (Lipinski definition) is 0. The molecule has 0 fully saturated rings. The first-order valence-electron chi connectivity index (χ1n) is 5.47. The topological polar surface area (TPSA) is 0 Å². The Balaban J connectivity index is 2.28. The van der Waals surface area contributed by atoms with Crippen LogP contribution in [0.25, 0.3) is 0 Å². The van der Waals surface area contributed by atoms with Crippen LogP contribution in [0.5, 0.6) is 0 Å². The largest absolute Gasteiger partial charge is 0.416 e. The van der Waals surface area contributed by atoms with E-state index in [4.69, 9.17) is 11.6 Å². The van der Waals surface area contributed by atoms with Gasteiger partial charge in [0.2, 0.25) is 0 Å². The Hall–Kier alpha value is -1.13. The van der Waals surface area contributed by atoms with Gasteiger partial charge in [-0.2, -0.15) is 13.2 Å². The van der Waals surface area contributed by atoms with Gasteiger partial charge in [-0.25, -0.2) is 0 Å². The lowest BCUT2D eigenvalue weighted by Gasteiger charge is -2.09. The highest BCUT2D eigenvalue weighted by Crippen LogP contribution is 2.35. The first kappa shape index (κ1) is 14.3. The van der Waals surface area contributed by atoms with Crippen molar-refractivity contribution in [2.24, 2.45) is 0 Å². The molecule has 0 amide bonds. The SMILES string of the molecule is Cc1cc(Cl)cc(Sc2cccc(C(F)(F)F)c2)c1. The van der Waals surface area contributed by atoms with Crippen molar-refractivity contribution in [1.29, 1.82) is 0 Å². The van der Waals surface area contributed by atoms with E-state index in [1.807, 2.05) is 13.0 Å². The van der Waals surface area contributed by atoms with Gasteiger partial charge in [-0.15, -0.1) is 0 Å². The molecule has 0 nitrogen and oxygen atoms in total. The molecule has 0 atom stereocenters. The van der Waals surface area contributed by atoms with Gasteiger partial charge in [0.05, 0.1) is 5.56 Å². The molecule has 0 unspecified atom stereocenters. The maximum absolute atomic E-state index is 12.6. The van der Waals surface area contributed by atoms with Crippen molar-refractivity contribution in [3.8, 4) is 0 Å². The van der Waals surface area contributed by atoms with E-state index in [-0.39, 0.29) is 0 Å². The summed E-state index contributed by atoms with van der Waals surface area (Å²) in [5, 5.41) is 0.578. The Morgan fingerprint density at radius 2 is 1.74 bits per heavy atom. The summed E-state index contributed by atoms with van der Waals surface area (Å²) >= 11 is 7.19. The van der Waals surface area contributed by atoms with Crippen molar-refractivity contribution in [3.05, 3.63) is 58.6 Å². The summed E-state index contributed by atoms with van der Waals surface area (Å²) in [5.41, 5.74) is 0.332. The van der Waals surface area contributed by atoms with Gasteiger partial charge >= 0.3 is 6.18 Å². The lowest BCUT2D eigenvalue weighted by molar-refractivity contribution is -0.137. The van der Waals surface area contributed by atoms with E-state index < -0.39 is 11.7 Å². The highest BCUT2D eigenvalue weighted by Gasteiger charge is 2.30. The fourth-order valence-electron chi connectivity index (χ4n) is 1.63. The van der Waals surface area contributed by atoms with Gasteiger partial charge in [0.25, 0.3) is 0 Å². The van der Waals surface area contributed by atoms with E-state index in [1.165, 1.54) is 17.8 Å². The maximum Gasteiger partial charge on any atom is 0.416 e. The van der Waals surface area contributed by atoms with Crippen LogP contribution in [0.1, 0.15) is 11.1 Å². The van der Waals surface area contributed by atoms with Gasteiger partial charge in [-0.3, -0.25) is 0 Å². The molecule has 0 bridgehead atoms. The molecule has 2 aromatic rings. The monoisotopic (exact) mass is 302 g/mol. The molecule has 0 saturated heterocycles. The molecule has 0 aliphatic rings. The smallest absolute Gasteiger partial charge is 0.166 e. The third-order valence-corrected chi connectivity index (χ3v) is 3.59. The van der Waals surface area contributed by atoms with Crippen molar-refractivity contribution in [1.82, 2.24) is 0 Å². The molecule has 2 aromatic carbocycles. The number of aryl methyl sites for hydroxylation is 1. The molecule has 0 aliphatic carbocycles. The number of halogens is 4. The molecule has 19 heavy (non-hydrogen) atoms. The van der Waals surface area contributed by atoms with Crippen LogP contribution >= 0.6 is 23.4 Å². The van der Waals surface area contributed by atoms with Gasteiger partial charge in [0.1, 0.15) is 0 Å². The van der Waals surface area contributed by atoms with E-state index in [0.29, 0.717) is 9.92 Å². The molecule has 0 radical (unpaired) electrons. The zero-order valence-electron chi connectivity index (χ0n) is 9.96. The first-order valence-corrected chi connectivity index (χ1v) is 6.66. The summed E-state index contributed by atoms with van der Waals surface area (Å²) in [7, 11) is 0. The lowest BCUT2D eigenvalue weighted by atomic mass is 10.2. The Morgan fingerprint density at radius 1 is 1.00 bits per heavy atom. The molecule has 0 saturated carbocycles. The van der Waals surface area contributed by atoms with Crippen molar-refractivity contribution in [3.63, 3.8) is 0 Å². The molecule has 2 rings (SSSR count). The van der Waals surface area contributed by atoms with Gasteiger partial charge in [-0.05, 0) is 48.9 Å². The van der Waals surface area contributed by atoms with Crippen molar-refractivity contribution in [2.75, 3.05) is 0 Å². The molecular formula is C14H10ClF3S. The first-order chi connectivity index (χ1) is 8.84. The maximum atomic E-state index is 12.6. The second kappa shape index (κ2) is 5.47. The predicted molar refractivity (Wildman–Crippen MR) is 71.8 cm³/mol. The van der Waals surface area contributed by atoms with E-state index >= 15 is 0 Å². The minimum absolute atomic E-state index is 0.538. The summed E-state index contributed by atoms with van der Waals surface area (Å²) in [4.78, 5) is 1.36. The molecule has 0 aliphatic heterocycles. The second-order valence-electron chi connectivity index (χ2n) is 4.09. The van der Waals surface area contributed by atoms with E-state index in [9.17, 15) is 13.2 Å². The Labute approximate surface area is 118 Å². The summed E-state index contributed by atoms with van der Waals surface area (Å²) in [5.74, 6) is 0. The fraction of sp³-hybridized carbons (Fsp3) is 0.143. The Morgan fingerprint density at radius 3 is 2.37 bits per heavy atom. The Kier molecular flexibility index (Phi) is 4.11. The van der Waals surface area contributed by atoms with Gasteiger partial charge in [0.15, 0.2) is 0 Å². The fourth-order valence-corrected chi connectivity index (χ4v) is 3.02. The van der Waals surface area contributed by atoms with Gasteiger partial charge in [-0.1, -0.05) is 29.4 Å². The summed E-state index contributed by atoms with van der Waals surface area (Å²) in [6.45, 7) is 1.89. The van der Waals surface area contributed by atoms with Crippen LogP contribution < -0.4 is 0 Å². The van der Waals surface area contributed by atoms with Crippen LogP contribution in [0.15, 0.2) is 52.3 Å². The average Bonchev–Trinajstić information content (AvgIpc) is 2.26. The van der Waals surface area contributed by atoms with Crippen LogP contribution in [0.4, 0.5) is 13.2 Å². The van der Waals surface area contributed by atoms with Crippen molar-refractivity contribution < 1.29 is 13.2 Å². The van der Waals surface area contributed by atoms with E-state index in [0.717, 1.165) is 22.6 Å². The van der Waals surface area contributed by atoms with Crippen LogP contribution in [-0.2, 0) is 6.18 Å². The molecule has 0 heterocycles. The number of hydrogen-bond acceptors (Lipinski definition) is 1. The zero-order valence-corrected chi connectivity index (χ0v) is 11.5. The second-order valence-corrected chi connectivity index (χ2v) is 5.68. The average molecular weight is 303 g/mol. The minimum Gasteiger partial charge on any atom is -0.166 e. The van der Waals surface area contributed by atoms with Gasteiger partial charge in [0, 0.05) is 14.8 Å². The quantitative estimate of drug-likeness (QED) is 0.673. The number of rotatable bonds is 2. The van der Waals surface area contributed by atoms with Crippen molar-refractivity contribution >= 4 is 23.4 Å². The van der Waals surface area contributed by atoms with Gasteiger partial charge < -0.3 is 0 Å². The molecular weight excluding hydrogens is 293 g/mol. The van der Waals surface area contributed by atoms with Crippen LogP contribution in [0.3, 0.4) is 0 Å². The predicted octanol–water partition coefficient (Wildman–Crippen LogP) is 5.82. The normalized spacial score (nSPS) is 11.6. The zero-order chi connectivity index (χ0) is 14.0. The Bertz CT molecular complexity index is 573. The number of alkyl halides is 3. The highest BCUT2D eigenvalue weighted by molar-refractivity contribution is 7.99. The standard InChI is InChI=1S/C14H10ClF3S/c1-9-5-11(15)8-13(6-9)19-12-4-2-3-10(7-12)14(16,17)18/h2-8H,1H3. The van der Waals surface area contributed by atoms with E-state index in [2.05, 4.69) is 0 Å². The molecule has 5 heteroatoms. The van der Waals surface area contributed by atoms with Crippen LogP contribution in [0, 0.1) is 6.92 Å². The lowest BCUT2D eigenvalue weighted by Crippen LogP contribution is -2.04. The van der Waals surface area contributed by atoms with Crippen molar-refractivity contribution in [2.45, 2.75) is 22.9 Å². The number of benzene rings is 2. The summed E-state index contributed by atoms with van der Waals surface area (Å²) in [6, 6.07) is 10.7. The molecule has 0 aromatic heterocycles. The highest BCUT2D eigenvalue weighted by atomic mass is 35.5. The van der Waals surface area contributed by atoms with Crippen LogP contribution in [0.2, 0.25) is 5.02 Å². The molecule has 100 valence electrons. The third kappa shape index (κ3) is 3.91. The van der Waals surface area contributed by atoms with Crippen LogP contribution in [-0.4, -0.2) is 0 Å².